The quantitative estimate of drug-likeness (QED) is 0.245. The fraction of sp³-hybridized carbons (Fsp3) is 0.526. The van der Waals surface area contributed by atoms with E-state index in [4.69, 9.17) is 4.74 Å². The van der Waals surface area contributed by atoms with E-state index in [1.54, 1.807) is 0 Å². The molecule has 0 bridgehead atoms. The summed E-state index contributed by atoms with van der Waals surface area (Å²) in [4.78, 5) is 20.8. The van der Waals surface area contributed by atoms with Gasteiger partial charge in [-0.3, -0.25) is 0 Å². The first-order chi connectivity index (χ1) is 12.8. The van der Waals surface area contributed by atoms with Gasteiger partial charge in [-0.25, -0.2) is 14.8 Å². The van der Waals surface area contributed by atoms with E-state index >= 15 is 0 Å². The van der Waals surface area contributed by atoms with Crippen LogP contribution in [0.3, 0.4) is 0 Å². The van der Waals surface area contributed by atoms with Gasteiger partial charge in [-0.1, -0.05) is 6.07 Å². The minimum absolute atomic E-state index is 0. The number of imidazole rings is 1. The Kier molecular flexibility index (Phi) is 9.50. The number of carbonyl (C=O) groups is 1. The highest BCUT2D eigenvalue weighted by molar-refractivity contribution is 14.0. The molecule has 0 aromatic carbocycles. The second-order valence-electron chi connectivity index (χ2n) is 7.18. The number of halogens is 1. The van der Waals surface area contributed by atoms with Gasteiger partial charge in [0, 0.05) is 31.5 Å². The Morgan fingerprint density at radius 2 is 1.93 bits per heavy atom. The fourth-order valence-electron chi connectivity index (χ4n) is 2.44. The van der Waals surface area contributed by atoms with Crippen LogP contribution >= 0.6 is 24.0 Å². The number of carbonyl (C=O) groups excluding carboxylic acids is 1. The number of aryl methyl sites for hydroxylation is 1. The number of hydrogen-bond donors (Lipinski definition) is 3. The first-order valence-corrected chi connectivity index (χ1v) is 9.21. The Morgan fingerprint density at radius 3 is 2.57 bits per heavy atom. The lowest BCUT2D eigenvalue weighted by Gasteiger charge is -2.19. The van der Waals surface area contributed by atoms with Crippen LogP contribution in [0.2, 0.25) is 0 Å². The first-order valence-electron chi connectivity index (χ1n) is 9.21. The second-order valence-corrected chi connectivity index (χ2v) is 7.18. The SMILES string of the molecule is CCNC(=NCc1cn2c(C)cccc2n1)NCCNC(=O)OC(C)(C)C.I. The van der Waals surface area contributed by atoms with Crippen LogP contribution in [0.25, 0.3) is 5.65 Å². The Balaban J connectivity index is 0.00000392. The van der Waals surface area contributed by atoms with Crippen LogP contribution < -0.4 is 16.0 Å². The van der Waals surface area contributed by atoms with Gasteiger partial charge in [-0.15, -0.1) is 24.0 Å². The van der Waals surface area contributed by atoms with Crippen LogP contribution in [0.1, 0.15) is 39.1 Å². The number of rotatable bonds is 6. The standard InChI is InChI=1S/C19H30N6O2.HI/c1-6-20-17(21-10-11-22-18(26)27-19(3,4)5)23-12-15-13-25-14(2)8-7-9-16(25)24-15;/h7-9,13H,6,10-12H2,1-5H3,(H,22,26)(H2,20,21,23);1H. The van der Waals surface area contributed by atoms with Crippen molar-refractivity contribution in [3.05, 3.63) is 35.8 Å². The van der Waals surface area contributed by atoms with Gasteiger partial charge in [-0.05, 0) is 46.8 Å². The van der Waals surface area contributed by atoms with E-state index in [1.807, 2.05) is 59.0 Å². The Bertz CT molecular complexity index is 797. The van der Waals surface area contributed by atoms with Gasteiger partial charge in [0.05, 0.1) is 12.2 Å². The number of amides is 1. The summed E-state index contributed by atoms with van der Waals surface area (Å²) < 4.78 is 7.25. The highest BCUT2D eigenvalue weighted by Crippen LogP contribution is 2.09. The summed E-state index contributed by atoms with van der Waals surface area (Å²) in [6.07, 6.45) is 1.58. The molecule has 0 unspecified atom stereocenters. The van der Waals surface area contributed by atoms with Crippen molar-refractivity contribution < 1.29 is 9.53 Å². The molecule has 0 fully saturated rings. The van der Waals surface area contributed by atoms with Crippen LogP contribution in [0.5, 0.6) is 0 Å². The largest absolute Gasteiger partial charge is 0.444 e. The van der Waals surface area contributed by atoms with Crippen molar-refractivity contribution in [1.29, 1.82) is 0 Å². The smallest absolute Gasteiger partial charge is 0.407 e. The minimum Gasteiger partial charge on any atom is -0.444 e. The number of hydrogen-bond acceptors (Lipinski definition) is 4. The maximum Gasteiger partial charge on any atom is 0.407 e. The highest BCUT2D eigenvalue weighted by atomic mass is 127. The zero-order chi connectivity index (χ0) is 19.9. The average molecular weight is 502 g/mol. The molecule has 1 amide bonds. The molecule has 2 rings (SSSR count). The molecule has 9 heteroatoms. The Morgan fingerprint density at radius 1 is 1.21 bits per heavy atom. The van der Waals surface area contributed by atoms with E-state index in [2.05, 4.69) is 30.3 Å². The average Bonchev–Trinajstić information content (AvgIpc) is 2.99. The third-order valence-corrected chi connectivity index (χ3v) is 3.57. The molecule has 0 aliphatic carbocycles. The number of pyridine rings is 1. The van der Waals surface area contributed by atoms with E-state index in [0.717, 1.165) is 23.6 Å². The minimum atomic E-state index is -0.500. The Labute approximate surface area is 183 Å². The summed E-state index contributed by atoms with van der Waals surface area (Å²) in [7, 11) is 0. The number of fused-ring (bicyclic) bond motifs is 1. The zero-order valence-electron chi connectivity index (χ0n) is 17.2. The van der Waals surface area contributed by atoms with Gasteiger partial charge < -0.3 is 25.1 Å². The molecule has 0 spiro atoms. The van der Waals surface area contributed by atoms with Gasteiger partial charge in [0.1, 0.15) is 11.2 Å². The highest BCUT2D eigenvalue weighted by Gasteiger charge is 2.15. The van der Waals surface area contributed by atoms with Crippen molar-refractivity contribution in [2.45, 2.75) is 46.8 Å². The normalized spacial score (nSPS) is 11.7. The lowest BCUT2D eigenvalue weighted by molar-refractivity contribution is 0.0529. The molecule has 0 aliphatic heterocycles. The maximum absolute atomic E-state index is 11.6. The van der Waals surface area contributed by atoms with Gasteiger partial charge >= 0.3 is 6.09 Å². The second kappa shape index (κ2) is 11.1. The third kappa shape index (κ3) is 7.91. The molecule has 2 aromatic heterocycles. The van der Waals surface area contributed by atoms with Crippen LogP contribution in [0, 0.1) is 6.92 Å². The molecule has 8 nitrogen and oxygen atoms in total. The number of guanidine groups is 1. The summed E-state index contributed by atoms with van der Waals surface area (Å²) in [5.74, 6) is 0.678. The van der Waals surface area contributed by atoms with Gasteiger partial charge in [0.25, 0.3) is 0 Å². The number of nitrogens with one attached hydrogen (secondary N) is 3. The van der Waals surface area contributed by atoms with Gasteiger partial charge in [0.15, 0.2) is 5.96 Å². The molecule has 0 saturated heterocycles. The lowest BCUT2D eigenvalue weighted by atomic mass is 10.2. The predicted molar refractivity (Wildman–Crippen MR) is 122 cm³/mol. The van der Waals surface area contributed by atoms with Gasteiger partial charge in [-0.2, -0.15) is 0 Å². The van der Waals surface area contributed by atoms with E-state index in [-0.39, 0.29) is 24.0 Å². The molecule has 2 heterocycles. The van der Waals surface area contributed by atoms with E-state index in [1.165, 1.54) is 0 Å². The summed E-state index contributed by atoms with van der Waals surface area (Å²) >= 11 is 0. The van der Waals surface area contributed by atoms with E-state index in [0.29, 0.717) is 25.6 Å². The number of ether oxygens (including phenoxy) is 1. The molecule has 0 aliphatic rings. The lowest BCUT2D eigenvalue weighted by Crippen LogP contribution is -2.42. The van der Waals surface area contributed by atoms with Crippen molar-refractivity contribution in [3.63, 3.8) is 0 Å². The van der Waals surface area contributed by atoms with Crippen molar-refractivity contribution in [2.24, 2.45) is 4.99 Å². The van der Waals surface area contributed by atoms with Crippen LogP contribution in [0.4, 0.5) is 4.79 Å². The molecular weight excluding hydrogens is 471 g/mol. The molecule has 2 aromatic rings. The van der Waals surface area contributed by atoms with E-state index in [9.17, 15) is 4.79 Å². The van der Waals surface area contributed by atoms with E-state index < -0.39 is 11.7 Å². The molecule has 156 valence electrons. The topological polar surface area (TPSA) is 92.0 Å². The van der Waals surface area contributed by atoms with Crippen molar-refractivity contribution >= 4 is 41.7 Å². The maximum atomic E-state index is 11.6. The number of alkyl carbamates (subject to hydrolysis) is 1. The fourth-order valence-corrected chi connectivity index (χ4v) is 2.44. The van der Waals surface area contributed by atoms with Crippen LogP contribution in [-0.2, 0) is 11.3 Å². The number of aliphatic imine (C=N–C) groups is 1. The van der Waals surface area contributed by atoms with Crippen LogP contribution in [-0.4, -0.2) is 46.7 Å². The summed E-state index contributed by atoms with van der Waals surface area (Å²) in [5.41, 5.74) is 2.45. The van der Waals surface area contributed by atoms with Crippen molar-refractivity contribution in [1.82, 2.24) is 25.3 Å². The van der Waals surface area contributed by atoms with Gasteiger partial charge in [0.2, 0.25) is 0 Å². The summed E-state index contributed by atoms with van der Waals surface area (Å²) in [6, 6.07) is 6.02. The number of nitrogens with zero attached hydrogens (tertiary/aromatic N) is 3. The monoisotopic (exact) mass is 502 g/mol. The molecule has 3 N–H and O–H groups in total. The molecular formula is C19H31IN6O2. The Hall–Kier alpha value is -2.04. The molecule has 0 saturated carbocycles. The van der Waals surface area contributed by atoms with Crippen LogP contribution in [0.15, 0.2) is 29.4 Å². The van der Waals surface area contributed by atoms with Crippen molar-refractivity contribution in [2.75, 3.05) is 19.6 Å². The summed E-state index contributed by atoms with van der Waals surface area (Å²) in [5, 5.41) is 9.09. The molecule has 28 heavy (non-hydrogen) atoms. The predicted octanol–water partition coefficient (Wildman–Crippen LogP) is 2.84. The number of aromatic nitrogens is 2. The van der Waals surface area contributed by atoms with Crippen molar-refractivity contribution in [3.8, 4) is 0 Å². The summed E-state index contributed by atoms with van der Waals surface area (Å²) in [6.45, 7) is 11.7. The molecule has 0 radical (unpaired) electrons. The third-order valence-electron chi connectivity index (χ3n) is 3.57. The zero-order valence-corrected chi connectivity index (χ0v) is 19.5. The first kappa shape index (κ1) is 24.0. The molecule has 0 atom stereocenters.